The molecule has 4 rings (SSSR count). The molecule has 0 unspecified atom stereocenters. The normalized spacial score (nSPS) is 25.2. The Labute approximate surface area is 237 Å². The van der Waals surface area contributed by atoms with Crippen molar-refractivity contribution in [3.05, 3.63) is 81.0 Å². The fourth-order valence-electron chi connectivity index (χ4n) is 5.21. The zero-order valence-electron chi connectivity index (χ0n) is 22.0. The van der Waals surface area contributed by atoms with Gasteiger partial charge in [-0.25, -0.2) is 9.79 Å². The Morgan fingerprint density at radius 2 is 1.58 bits per heavy atom. The molecule has 38 heavy (non-hydrogen) atoms. The quantitative estimate of drug-likeness (QED) is 0.288. The molecule has 2 aromatic rings. The topological polar surface area (TPSA) is 71.4 Å². The van der Waals surface area contributed by atoms with Crippen molar-refractivity contribution < 1.29 is 19.1 Å². The van der Waals surface area contributed by atoms with Gasteiger partial charge in [0.25, 0.3) is 0 Å². The number of halogens is 2. The van der Waals surface area contributed by atoms with Gasteiger partial charge in [0.1, 0.15) is 5.84 Å². The molecule has 2 aliphatic rings. The lowest BCUT2D eigenvalue weighted by Crippen LogP contribution is -2.58. The molecule has 0 aliphatic carbocycles. The predicted octanol–water partition coefficient (Wildman–Crippen LogP) is 6.80. The molecule has 10 heteroatoms. The molecule has 0 N–H and O–H groups in total. The Bertz CT molecular complexity index is 1360. The molecule has 2 aromatic carbocycles. The number of likely N-dealkylation sites (N-methyl/N-ethyl adjacent to an activating group) is 1. The Balaban J connectivity index is 2.19. The van der Waals surface area contributed by atoms with Gasteiger partial charge in [0.05, 0.1) is 31.2 Å². The molecule has 2 aliphatic heterocycles. The van der Waals surface area contributed by atoms with Crippen molar-refractivity contribution in [2.24, 2.45) is 10.4 Å². The predicted molar refractivity (Wildman–Crippen MR) is 154 cm³/mol. The van der Waals surface area contributed by atoms with Crippen LogP contribution in [0.1, 0.15) is 27.7 Å². The van der Waals surface area contributed by atoms with Crippen LogP contribution in [0.5, 0.6) is 0 Å². The van der Waals surface area contributed by atoms with Crippen LogP contribution in [0.3, 0.4) is 0 Å². The van der Waals surface area contributed by atoms with Gasteiger partial charge in [0.15, 0.2) is 10.3 Å². The monoisotopic (exact) mass is 573 g/mol. The first-order valence-corrected chi connectivity index (χ1v) is 13.6. The molecule has 2 heterocycles. The number of allylic oxidation sites excluding steroid dienone is 1. The lowest BCUT2D eigenvalue weighted by atomic mass is 9.80. The summed E-state index contributed by atoms with van der Waals surface area (Å²) in [6, 6.07) is 14.2. The maximum atomic E-state index is 14.0. The zero-order chi connectivity index (χ0) is 27.8. The Morgan fingerprint density at radius 3 is 2.11 bits per heavy atom. The number of nitrogens with zero attached hydrogens (tertiary/aromatic N) is 3. The van der Waals surface area contributed by atoms with Crippen LogP contribution in [0.2, 0.25) is 10.0 Å². The second-order valence-corrected chi connectivity index (χ2v) is 11.0. The van der Waals surface area contributed by atoms with E-state index in [1.807, 2.05) is 43.2 Å². The van der Waals surface area contributed by atoms with Crippen molar-refractivity contribution in [1.29, 1.82) is 0 Å². The van der Waals surface area contributed by atoms with Gasteiger partial charge in [-0.3, -0.25) is 9.69 Å². The molecule has 200 valence electrons. The standard InChI is InChI=1S/C28H29Cl2N3O4S/c1-7-32-17(2)16-38-28(32)23(18(3)24(34)36-5)33(22-14-10-20(30)11-15-22)25(27(28,4)26(35)37-6)31-21-12-8-19(29)9-13-21/h8-16H,7H2,1-6H3/b23-18+,31-25?/t27-,28-/m0/s1. The van der Waals surface area contributed by atoms with E-state index in [-0.39, 0.29) is 0 Å². The highest BCUT2D eigenvalue weighted by Gasteiger charge is 2.72. The van der Waals surface area contributed by atoms with Gasteiger partial charge < -0.3 is 14.4 Å². The second kappa shape index (κ2) is 10.7. The molecule has 0 bridgehead atoms. The molecule has 0 aromatic heterocycles. The van der Waals surface area contributed by atoms with E-state index in [4.69, 9.17) is 37.7 Å². The number of aliphatic imine (C=N–C) groups is 1. The minimum absolute atomic E-state index is 0.341. The summed E-state index contributed by atoms with van der Waals surface area (Å²) < 4.78 is 10.7. The highest BCUT2D eigenvalue weighted by Crippen LogP contribution is 2.63. The van der Waals surface area contributed by atoms with E-state index in [1.54, 1.807) is 43.3 Å². The maximum absolute atomic E-state index is 14.0. The van der Waals surface area contributed by atoms with E-state index in [2.05, 4.69) is 4.90 Å². The number of thioether (sulfide) groups is 1. The third-order valence-electron chi connectivity index (χ3n) is 6.99. The number of ether oxygens (including phenoxy) is 2. The van der Waals surface area contributed by atoms with Crippen molar-refractivity contribution >= 4 is 64.1 Å². The maximum Gasteiger partial charge on any atom is 0.335 e. The van der Waals surface area contributed by atoms with Crippen LogP contribution < -0.4 is 4.90 Å². The van der Waals surface area contributed by atoms with E-state index in [9.17, 15) is 9.59 Å². The van der Waals surface area contributed by atoms with Gasteiger partial charge in [-0.2, -0.15) is 0 Å². The average molecular weight is 575 g/mol. The first-order valence-electron chi connectivity index (χ1n) is 12.0. The lowest BCUT2D eigenvalue weighted by molar-refractivity contribution is -0.150. The highest BCUT2D eigenvalue weighted by molar-refractivity contribution is 8.04. The van der Waals surface area contributed by atoms with E-state index in [0.29, 0.717) is 45.1 Å². The molecule has 0 amide bonds. The smallest absolute Gasteiger partial charge is 0.335 e. The molecule has 1 spiro atoms. The van der Waals surface area contributed by atoms with Crippen LogP contribution in [0.15, 0.2) is 75.9 Å². The van der Waals surface area contributed by atoms with Crippen LogP contribution in [-0.2, 0) is 19.1 Å². The summed E-state index contributed by atoms with van der Waals surface area (Å²) in [5.41, 5.74) is 1.74. The number of methoxy groups -OCH3 is 2. The SMILES string of the molecule is CCN1C(C)=CS[C@]12/C(=C(/C)C(=O)OC)N(c1ccc(Cl)cc1)C(=Nc1ccc(Cl)cc1)[C@@]2(C)C(=O)OC. The summed E-state index contributed by atoms with van der Waals surface area (Å²) in [7, 11) is 2.70. The Hall–Kier alpha value is -2.94. The molecule has 2 atom stereocenters. The number of carbonyl (C=O) groups is 2. The van der Waals surface area contributed by atoms with Crippen LogP contribution in [0.25, 0.3) is 0 Å². The van der Waals surface area contributed by atoms with Gasteiger partial charge >= 0.3 is 11.9 Å². The Morgan fingerprint density at radius 1 is 1.00 bits per heavy atom. The summed E-state index contributed by atoms with van der Waals surface area (Å²) in [5.74, 6) is -0.619. The van der Waals surface area contributed by atoms with Crippen molar-refractivity contribution in [2.75, 3.05) is 25.7 Å². The lowest BCUT2D eigenvalue weighted by Gasteiger charge is -2.45. The van der Waals surface area contributed by atoms with Gasteiger partial charge in [0.2, 0.25) is 0 Å². The van der Waals surface area contributed by atoms with Crippen LogP contribution in [-0.4, -0.2) is 48.3 Å². The first kappa shape index (κ1) is 28.1. The van der Waals surface area contributed by atoms with E-state index >= 15 is 0 Å². The highest BCUT2D eigenvalue weighted by atomic mass is 35.5. The van der Waals surface area contributed by atoms with Crippen molar-refractivity contribution in [2.45, 2.75) is 32.6 Å². The van der Waals surface area contributed by atoms with E-state index in [0.717, 1.165) is 5.70 Å². The number of amidine groups is 1. The van der Waals surface area contributed by atoms with Crippen molar-refractivity contribution in [3.8, 4) is 0 Å². The van der Waals surface area contributed by atoms with Crippen LogP contribution in [0.4, 0.5) is 11.4 Å². The summed E-state index contributed by atoms with van der Waals surface area (Å²) in [4.78, 5) is 35.0. The summed E-state index contributed by atoms with van der Waals surface area (Å²) in [6.45, 7) is 8.07. The van der Waals surface area contributed by atoms with Gasteiger partial charge in [0, 0.05) is 28.0 Å². The van der Waals surface area contributed by atoms with Crippen LogP contribution >= 0.6 is 35.0 Å². The third-order valence-corrected chi connectivity index (χ3v) is 9.12. The number of hydrogen-bond donors (Lipinski definition) is 0. The number of hydrogen-bond acceptors (Lipinski definition) is 7. The second-order valence-electron chi connectivity index (χ2n) is 9.07. The fraction of sp³-hybridized carbons (Fsp3) is 0.321. The largest absolute Gasteiger partial charge is 0.468 e. The molecule has 0 radical (unpaired) electrons. The van der Waals surface area contributed by atoms with Gasteiger partial charge in [-0.15, -0.1) is 0 Å². The molecular weight excluding hydrogens is 545 g/mol. The van der Waals surface area contributed by atoms with Crippen molar-refractivity contribution in [1.82, 2.24) is 4.90 Å². The molecule has 7 nitrogen and oxygen atoms in total. The number of carbonyl (C=O) groups excluding carboxylic acids is 2. The van der Waals surface area contributed by atoms with Gasteiger partial charge in [-0.1, -0.05) is 35.0 Å². The summed E-state index contributed by atoms with van der Waals surface area (Å²) in [6.07, 6.45) is 0. The van der Waals surface area contributed by atoms with E-state index < -0.39 is 22.2 Å². The average Bonchev–Trinajstić information content (AvgIpc) is 3.37. The van der Waals surface area contributed by atoms with Gasteiger partial charge in [-0.05, 0) is 81.6 Å². The minimum Gasteiger partial charge on any atom is -0.468 e. The summed E-state index contributed by atoms with van der Waals surface area (Å²) >= 11 is 13.8. The number of benzene rings is 2. The molecule has 1 saturated heterocycles. The molecule has 1 fully saturated rings. The minimum atomic E-state index is -1.37. The fourth-order valence-corrected chi connectivity index (χ4v) is 7.09. The molecular formula is C28H29Cl2N3O4S. The number of rotatable bonds is 5. The number of esters is 2. The zero-order valence-corrected chi connectivity index (χ0v) is 24.4. The number of anilines is 1. The molecule has 0 saturated carbocycles. The van der Waals surface area contributed by atoms with E-state index in [1.165, 1.54) is 26.0 Å². The van der Waals surface area contributed by atoms with Crippen molar-refractivity contribution in [3.63, 3.8) is 0 Å². The summed E-state index contributed by atoms with van der Waals surface area (Å²) in [5, 5.41) is 3.11. The van der Waals surface area contributed by atoms with Crippen LogP contribution in [0, 0.1) is 5.41 Å². The Kier molecular flexibility index (Phi) is 7.89. The first-order chi connectivity index (χ1) is 18.1. The third kappa shape index (κ3) is 4.19.